The van der Waals surface area contributed by atoms with E-state index in [-0.39, 0.29) is 18.4 Å². The Kier molecular flexibility index (Phi) is 3.87. The highest BCUT2D eigenvalue weighted by Gasteiger charge is 2.85. The van der Waals surface area contributed by atoms with Gasteiger partial charge in [-0.25, -0.2) is 0 Å². The first-order valence-electron chi connectivity index (χ1n) is 10.7. The van der Waals surface area contributed by atoms with E-state index in [1.54, 1.807) is 0 Å². The SMILES string of the molecule is C=C1[C@@H]2CC[C@H]3[C@@]45CO[C@](O)([C@@H](O)[C@@H]4C(C)(C)C[C@@H](O)[C@@H]5O)[C@]3(C2)[C@@H]1OC(C)=O. The number of hydrogen-bond donors (Lipinski definition) is 4. The second kappa shape index (κ2) is 5.62. The molecule has 162 valence electrons. The Morgan fingerprint density at radius 3 is 2.52 bits per heavy atom. The highest BCUT2D eigenvalue weighted by molar-refractivity contribution is 5.67. The summed E-state index contributed by atoms with van der Waals surface area (Å²) in [6, 6.07) is 0. The summed E-state index contributed by atoms with van der Waals surface area (Å²) in [4.78, 5) is 12.0. The zero-order chi connectivity index (χ0) is 21.1. The van der Waals surface area contributed by atoms with Gasteiger partial charge < -0.3 is 29.9 Å². The number of aliphatic hydroxyl groups is 4. The Hall–Kier alpha value is -0.990. The van der Waals surface area contributed by atoms with Crippen molar-refractivity contribution in [3.8, 4) is 0 Å². The second-order valence-corrected chi connectivity index (χ2v) is 10.9. The van der Waals surface area contributed by atoms with Crippen molar-refractivity contribution in [3.05, 3.63) is 12.2 Å². The maximum Gasteiger partial charge on any atom is 0.303 e. The van der Waals surface area contributed by atoms with Crippen LogP contribution in [0, 0.1) is 34.0 Å². The van der Waals surface area contributed by atoms with Crippen LogP contribution in [0.25, 0.3) is 0 Å². The normalized spacial score (nSPS) is 57.2. The molecule has 0 aromatic heterocycles. The van der Waals surface area contributed by atoms with Crippen molar-refractivity contribution in [2.45, 2.75) is 76.7 Å². The lowest BCUT2D eigenvalue weighted by atomic mass is 9.35. The monoisotopic (exact) mass is 408 g/mol. The fourth-order valence-corrected chi connectivity index (χ4v) is 8.53. The lowest BCUT2D eigenvalue weighted by molar-refractivity contribution is -0.470. The van der Waals surface area contributed by atoms with Crippen molar-refractivity contribution in [2.24, 2.45) is 34.0 Å². The maximum absolute atomic E-state index is 12.0. The van der Waals surface area contributed by atoms with E-state index in [2.05, 4.69) is 6.58 Å². The summed E-state index contributed by atoms with van der Waals surface area (Å²) < 4.78 is 11.7. The molecule has 4 bridgehead atoms. The first kappa shape index (κ1) is 19.9. The predicted octanol–water partition coefficient (Wildman–Crippen LogP) is 0.738. The van der Waals surface area contributed by atoms with Crippen LogP contribution in [0.2, 0.25) is 0 Å². The molecule has 2 spiro atoms. The van der Waals surface area contributed by atoms with Crippen molar-refractivity contribution in [2.75, 3.05) is 6.61 Å². The number of esters is 1. The first-order valence-corrected chi connectivity index (χ1v) is 10.7. The average molecular weight is 408 g/mol. The molecule has 6 rings (SSSR count). The van der Waals surface area contributed by atoms with E-state index in [0.29, 0.717) is 19.3 Å². The molecule has 7 nitrogen and oxygen atoms in total. The van der Waals surface area contributed by atoms with Crippen LogP contribution < -0.4 is 0 Å². The number of aliphatic hydroxyl groups excluding tert-OH is 3. The molecule has 0 amide bonds. The van der Waals surface area contributed by atoms with Gasteiger partial charge in [-0.3, -0.25) is 4.79 Å². The van der Waals surface area contributed by atoms with Crippen LogP contribution in [-0.4, -0.2) is 63.2 Å². The van der Waals surface area contributed by atoms with Crippen LogP contribution in [0.15, 0.2) is 12.2 Å². The molecule has 0 unspecified atom stereocenters. The van der Waals surface area contributed by atoms with Gasteiger partial charge in [0.2, 0.25) is 5.79 Å². The molecule has 6 fully saturated rings. The van der Waals surface area contributed by atoms with Gasteiger partial charge in [-0.05, 0) is 48.5 Å². The van der Waals surface area contributed by atoms with Crippen molar-refractivity contribution < 1.29 is 34.7 Å². The third kappa shape index (κ3) is 2.00. The largest absolute Gasteiger partial charge is 0.457 e. The van der Waals surface area contributed by atoms with Crippen molar-refractivity contribution >= 4 is 5.97 Å². The summed E-state index contributed by atoms with van der Waals surface area (Å²) >= 11 is 0. The van der Waals surface area contributed by atoms with Crippen LogP contribution >= 0.6 is 0 Å². The molecule has 6 aliphatic rings. The van der Waals surface area contributed by atoms with E-state index in [4.69, 9.17) is 9.47 Å². The Labute approximate surface area is 170 Å². The second-order valence-electron chi connectivity index (χ2n) is 10.9. The Morgan fingerprint density at radius 2 is 1.86 bits per heavy atom. The number of rotatable bonds is 1. The molecule has 4 N–H and O–H groups in total. The van der Waals surface area contributed by atoms with Crippen LogP contribution in [0.4, 0.5) is 0 Å². The highest BCUT2D eigenvalue weighted by atomic mass is 16.6. The molecule has 10 atom stereocenters. The van der Waals surface area contributed by atoms with Crippen molar-refractivity contribution in [1.29, 1.82) is 0 Å². The third-order valence-electron chi connectivity index (χ3n) is 9.27. The van der Waals surface area contributed by atoms with E-state index < -0.39 is 58.3 Å². The summed E-state index contributed by atoms with van der Waals surface area (Å²) in [5.74, 6) is -3.04. The first-order chi connectivity index (χ1) is 13.4. The summed E-state index contributed by atoms with van der Waals surface area (Å²) in [5, 5.41) is 45.6. The molecular formula is C22H32O7. The maximum atomic E-state index is 12.0. The van der Waals surface area contributed by atoms with Gasteiger partial charge in [0.1, 0.15) is 12.2 Å². The number of carbonyl (C=O) groups is 1. The van der Waals surface area contributed by atoms with Crippen LogP contribution in [0.3, 0.4) is 0 Å². The standard InChI is InChI=1S/C22H32O7/c1-10-12-5-6-14-20-9-28-22(27,21(14,7-12)18(10)29-11(2)23)17(26)15(20)19(3,4)8-13(24)16(20)25/h12-18,24-27H,1,5-9H2,2-4H3/t12-,13-,14+,15-,16+,17+,18-,20+,21+,22-/m1/s1. The molecule has 29 heavy (non-hydrogen) atoms. The number of carbonyl (C=O) groups excluding carboxylic acids is 1. The van der Waals surface area contributed by atoms with Gasteiger partial charge in [0.25, 0.3) is 0 Å². The fraction of sp³-hybridized carbons (Fsp3) is 0.864. The Bertz CT molecular complexity index is 779. The summed E-state index contributed by atoms with van der Waals surface area (Å²) in [6.07, 6.45) is -1.78. The van der Waals surface area contributed by atoms with Gasteiger partial charge in [0.05, 0.1) is 24.2 Å². The molecule has 4 aliphatic carbocycles. The van der Waals surface area contributed by atoms with Gasteiger partial charge >= 0.3 is 5.97 Å². The van der Waals surface area contributed by atoms with Gasteiger partial charge in [0, 0.05) is 18.3 Å². The predicted molar refractivity (Wildman–Crippen MR) is 101 cm³/mol. The van der Waals surface area contributed by atoms with Crippen LogP contribution in [0.5, 0.6) is 0 Å². The average Bonchev–Trinajstić information content (AvgIpc) is 2.83. The zero-order valence-corrected chi connectivity index (χ0v) is 17.3. The van der Waals surface area contributed by atoms with Crippen LogP contribution in [0.1, 0.15) is 46.5 Å². The van der Waals surface area contributed by atoms with E-state index in [1.807, 2.05) is 13.8 Å². The quantitative estimate of drug-likeness (QED) is 0.373. The minimum absolute atomic E-state index is 0.0586. The molecule has 2 heterocycles. The molecule has 0 radical (unpaired) electrons. The Balaban J connectivity index is 1.76. The summed E-state index contributed by atoms with van der Waals surface area (Å²) in [7, 11) is 0. The molecular weight excluding hydrogens is 376 g/mol. The minimum atomic E-state index is -1.90. The molecule has 0 aromatic rings. The topological polar surface area (TPSA) is 116 Å². The summed E-state index contributed by atoms with van der Waals surface area (Å²) in [6.45, 7) is 9.51. The summed E-state index contributed by atoms with van der Waals surface area (Å²) in [5.41, 5.74) is -1.78. The highest BCUT2D eigenvalue weighted by Crippen LogP contribution is 2.77. The van der Waals surface area contributed by atoms with Crippen molar-refractivity contribution in [3.63, 3.8) is 0 Å². The van der Waals surface area contributed by atoms with Gasteiger partial charge in [-0.1, -0.05) is 20.4 Å². The van der Waals surface area contributed by atoms with Gasteiger partial charge in [-0.15, -0.1) is 0 Å². The smallest absolute Gasteiger partial charge is 0.303 e. The molecule has 2 aliphatic heterocycles. The molecule has 7 heteroatoms. The lowest BCUT2D eigenvalue weighted by Gasteiger charge is -2.75. The van der Waals surface area contributed by atoms with Crippen LogP contribution in [-0.2, 0) is 14.3 Å². The Morgan fingerprint density at radius 1 is 1.17 bits per heavy atom. The van der Waals surface area contributed by atoms with Crippen molar-refractivity contribution in [1.82, 2.24) is 0 Å². The van der Waals surface area contributed by atoms with E-state index >= 15 is 0 Å². The van der Waals surface area contributed by atoms with E-state index in [1.165, 1.54) is 6.92 Å². The number of ether oxygens (including phenoxy) is 2. The number of hydrogen-bond acceptors (Lipinski definition) is 7. The number of fused-ring (bicyclic) bond motifs is 2. The van der Waals surface area contributed by atoms with E-state index in [9.17, 15) is 25.2 Å². The minimum Gasteiger partial charge on any atom is -0.457 e. The van der Waals surface area contributed by atoms with Gasteiger partial charge in [-0.2, -0.15) is 0 Å². The fourth-order valence-electron chi connectivity index (χ4n) is 8.53. The lowest BCUT2D eigenvalue weighted by Crippen LogP contribution is -2.85. The molecule has 0 aromatic carbocycles. The molecule has 2 saturated heterocycles. The van der Waals surface area contributed by atoms with Gasteiger partial charge in [0.15, 0.2) is 0 Å². The third-order valence-corrected chi connectivity index (χ3v) is 9.27. The van der Waals surface area contributed by atoms with E-state index in [0.717, 1.165) is 12.0 Å². The zero-order valence-electron chi connectivity index (χ0n) is 17.3. The molecule has 4 saturated carbocycles.